The Morgan fingerprint density at radius 1 is 1.00 bits per heavy atom. The normalized spacial score (nSPS) is 12.6. The summed E-state index contributed by atoms with van der Waals surface area (Å²) in [6, 6.07) is 10.7. The van der Waals surface area contributed by atoms with Crippen molar-refractivity contribution in [2.24, 2.45) is 0 Å². The van der Waals surface area contributed by atoms with E-state index in [1.807, 2.05) is 38.1 Å². The number of rotatable bonds is 6. The van der Waals surface area contributed by atoms with E-state index in [1.54, 1.807) is 24.3 Å². The molecule has 2 aromatic carbocycles. The minimum absolute atomic E-state index is 0.0990. The molecule has 0 saturated carbocycles. The Hall–Kier alpha value is -3.72. The van der Waals surface area contributed by atoms with Gasteiger partial charge in [0.1, 0.15) is 17.1 Å². The van der Waals surface area contributed by atoms with Gasteiger partial charge >= 0.3 is 0 Å². The highest BCUT2D eigenvalue weighted by molar-refractivity contribution is 5.88. The molecule has 0 saturated heterocycles. The SMILES string of the molecule is COc1ccc(CN2NNc3c2c(=O)c2cc(OC)c(OC(C)C)cc2[nH]c3=O)cc1. The Morgan fingerprint density at radius 3 is 2.39 bits per heavy atom. The molecule has 0 unspecified atom stereocenters. The van der Waals surface area contributed by atoms with Gasteiger partial charge in [-0.15, -0.1) is 5.53 Å². The summed E-state index contributed by atoms with van der Waals surface area (Å²) in [6.45, 7) is 4.13. The number of fused-ring (bicyclic) bond motifs is 2. The van der Waals surface area contributed by atoms with Crippen LogP contribution in [-0.2, 0) is 6.54 Å². The maximum atomic E-state index is 13.5. The second kappa shape index (κ2) is 8.19. The number of anilines is 2. The first-order valence-electron chi connectivity index (χ1n) is 9.82. The fraction of sp³-hybridized carbons (Fsp3) is 0.273. The third-order valence-electron chi connectivity index (χ3n) is 4.92. The number of hydrazine groups is 2. The van der Waals surface area contributed by atoms with Crippen LogP contribution in [-0.4, -0.2) is 25.3 Å². The quantitative estimate of drug-likeness (QED) is 0.555. The molecule has 0 fully saturated rings. The molecule has 9 nitrogen and oxygen atoms in total. The molecular formula is C22H24N4O5. The average Bonchev–Trinajstić information content (AvgIpc) is 3.13. The van der Waals surface area contributed by atoms with Gasteiger partial charge in [0.2, 0.25) is 5.43 Å². The van der Waals surface area contributed by atoms with Gasteiger partial charge in [-0.2, -0.15) is 0 Å². The van der Waals surface area contributed by atoms with Crippen molar-refractivity contribution in [3.63, 3.8) is 0 Å². The molecule has 0 aliphatic carbocycles. The fourth-order valence-electron chi connectivity index (χ4n) is 3.48. The van der Waals surface area contributed by atoms with Crippen LogP contribution in [0.1, 0.15) is 19.4 Å². The minimum atomic E-state index is -0.424. The molecule has 0 atom stereocenters. The van der Waals surface area contributed by atoms with Crippen LogP contribution in [0.4, 0.5) is 11.4 Å². The van der Waals surface area contributed by atoms with E-state index in [4.69, 9.17) is 14.2 Å². The van der Waals surface area contributed by atoms with Crippen molar-refractivity contribution < 1.29 is 14.2 Å². The second-order valence-electron chi connectivity index (χ2n) is 7.39. The number of hydrogen-bond acceptors (Lipinski definition) is 8. The molecule has 1 aliphatic heterocycles. The Labute approximate surface area is 178 Å². The maximum absolute atomic E-state index is 13.5. The topological polar surface area (TPSA) is 105 Å². The summed E-state index contributed by atoms with van der Waals surface area (Å²) in [5.74, 6) is 1.61. The molecule has 0 amide bonds. The summed E-state index contributed by atoms with van der Waals surface area (Å²) >= 11 is 0. The summed E-state index contributed by atoms with van der Waals surface area (Å²) in [7, 11) is 3.11. The Balaban J connectivity index is 1.84. The molecule has 1 aromatic heterocycles. The van der Waals surface area contributed by atoms with Crippen molar-refractivity contribution in [3.05, 3.63) is 62.5 Å². The van der Waals surface area contributed by atoms with E-state index in [0.29, 0.717) is 28.9 Å². The van der Waals surface area contributed by atoms with E-state index >= 15 is 0 Å². The Kier molecular flexibility index (Phi) is 5.43. The molecule has 0 radical (unpaired) electrons. The van der Waals surface area contributed by atoms with Crippen molar-refractivity contribution in [2.45, 2.75) is 26.5 Å². The van der Waals surface area contributed by atoms with Crippen LogP contribution >= 0.6 is 0 Å². The van der Waals surface area contributed by atoms with E-state index in [2.05, 4.69) is 15.9 Å². The van der Waals surface area contributed by atoms with Gasteiger partial charge in [0.25, 0.3) is 5.56 Å². The van der Waals surface area contributed by atoms with Crippen molar-refractivity contribution in [2.75, 3.05) is 24.7 Å². The molecule has 3 aromatic rings. The summed E-state index contributed by atoms with van der Waals surface area (Å²) in [5, 5.41) is 1.93. The standard InChI is InChI=1S/C22H24N4O5/c1-12(2)31-18-10-16-15(9-17(18)30-4)21(27)20-19(22(28)23-16)24-25-26(20)11-13-5-7-14(29-3)8-6-13/h5-10,12,24-25H,11H2,1-4H3,(H,23,28). The number of aromatic amines is 1. The highest BCUT2D eigenvalue weighted by Gasteiger charge is 2.26. The number of benzene rings is 2. The third kappa shape index (κ3) is 3.87. The van der Waals surface area contributed by atoms with Gasteiger partial charge in [0.05, 0.1) is 37.8 Å². The highest BCUT2D eigenvalue weighted by atomic mass is 16.5. The molecule has 31 heavy (non-hydrogen) atoms. The van der Waals surface area contributed by atoms with E-state index in [9.17, 15) is 9.59 Å². The van der Waals surface area contributed by atoms with Crippen molar-refractivity contribution in [3.8, 4) is 17.2 Å². The molecule has 0 spiro atoms. The maximum Gasteiger partial charge on any atom is 0.275 e. The van der Waals surface area contributed by atoms with Crippen LogP contribution in [0.5, 0.6) is 17.2 Å². The Bertz CT molecular complexity index is 1240. The van der Waals surface area contributed by atoms with Gasteiger partial charge in [0.15, 0.2) is 11.5 Å². The third-order valence-corrected chi connectivity index (χ3v) is 4.92. The first-order chi connectivity index (χ1) is 14.9. The first-order valence-corrected chi connectivity index (χ1v) is 9.82. The molecule has 162 valence electrons. The van der Waals surface area contributed by atoms with Crippen LogP contribution in [0.15, 0.2) is 46.0 Å². The predicted octanol–water partition coefficient (Wildman–Crippen LogP) is 2.54. The lowest BCUT2D eigenvalue weighted by Gasteiger charge is -2.17. The first kappa shape index (κ1) is 20.5. The zero-order valence-electron chi connectivity index (χ0n) is 17.7. The zero-order chi connectivity index (χ0) is 22.1. The van der Waals surface area contributed by atoms with Crippen LogP contribution in [0.3, 0.4) is 0 Å². The van der Waals surface area contributed by atoms with Crippen molar-refractivity contribution in [1.82, 2.24) is 10.5 Å². The lowest BCUT2D eigenvalue weighted by Crippen LogP contribution is -2.37. The van der Waals surface area contributed by atoms with Gasteiger partial charge in [0, 0.05) is 6.07 Å². The number of H-pyrrole nitrogens is 1. The number of ether oxygens (including phenoxy) is 3. The van der Waals surface area contributed by atoms with E-state index in [0.717, 1.165) is 11.3 Å². The molecule has 9 heteroatoms. The zero-order valence-corrected chi connectivity index (χ0v) is 17.7. The second-order valence-corrected chi connectivity index (χ2v) is 7.39. The van der Waals surface area contributed by atoms with Gasteiger partial charge in [-0.3, -0.25) is 20.0 Å². The summed E-state index contributed by atoms with van der Waals surface area (Å²) in [6.07, 6.45) is -0.0990. The number of nitrogens with zero attached hydrogens (tertiary/aromatic N) is 1. The van der Waals surface area contributed by atoms with Crippen LogP contribution < -0.4 is 41.2 Å². The highest BCUT2D eigenvalue weighted by Crippen LogP contribution is 2.32. The predicted molar refractivity (Wildman–Crippen MR) is 119 cm³/mol. The van der Waals surface area contributed by atoms with Crippen LogP contribution in [0.25, 0.3) is 10.9 Å². The number of methoxy groups -OCH3 is 2. The Morgan fingerprint density at radius 2 is 1.74 bits per heavy atom. The van der Waals surface area contributed by atoms with Crippen molar-refractivity contribution in [1.29, 1.82) is 0 Å². The lowest BCUT2D eigenvalue weighted by molar-refractivity contribution is 0.230. The van der Waals surface area contributed by atoms with Crippen LogP contribution in [0.2, 0.25) is 0 Å². The van der Waals surface area contributed by atoms with Gasteiger partial charge in [-0.1, -0.05) is 12.1 Å². The molecule has 4 rings (SSSR count). The summed E-state index contributed by atoms with van der Waals surface area (Å²) < 4.78 is 16.4. The number of nitrogens with one attached hydrogen (secondary N) is 3. The van der Waals surface area contributed by atoms with Gasteiger partial charge in [-0.05, 0) is 37.6 Å². The van der Waals surface area contributed by atoms with E-state index in [-0.39, 0.29) is 22.9 Å². The minimum Gasteiger partial charge on any atom is -0.497 e. The van der Waals surface area contributed by atoms with E-state index in [1.165, 1.54) is 7.11 Å². The van der Waals surface area contributed by atoms with Gasteiger partial charge in [-0.25, -0.2) is 0 Å². The molecule has 3 N–H and O–H groups in total. The molecular weight excluding hydrogens is 400 g/mol. The monoisotopic (exact) mass is 424 g/mol. The number of hydrogen-bond donors (Lipinski definition) is 3. The van der Waals surface area contributed by atoms with E-state index < -0.39 is 5.56 Å². The lowest BCUT2D eigenvalue weighted by atomic mass is 10.1. The smallest absolute Gasteiger partial charge is 0.275 e. The summed E-state index contributed by atoms with van der Waals surface area (Å²) in [5.41, 5.74) is 6.66. The van der Waals surface area contributed by atoms with Gasteiger partial charge < -0.3 is 19.2 Å². The molecule has 1 aliphatic rings. The average molecular weight is 424 g/mol. The molecule has 0 bridgehead atoms. The molecule has 2 heterocycles. The largest absolute Gasteiger partial charge is 0.497 e. The van der Waals surface area contributed by atoms with Crippen molar-refractivity contribution >= 4 is 22.3 Å². The summed E-state index contributed by atoms with van der Waals surface area (Å²) in [4.78, 5) is 29.1. The van der Waals surface area contributed by atoms with Crippen LogP contribution in [0, 0.1) is 0 Å². The fourth-order valence-corrected chi connectivity index (χ4v) is 3.48. The number of aromatic nitrogens is 1.